The molecule has 6 heteroatoms. The third-order valence-electron chi connectivity index (χ3n) is 6.27. The van der Waals surface area contributed by atoms with Crippen LogP contribution in [0, 0.1) is 0 Å². The lowest BCUT2D eigenvalue weighted by molar-refractivity contribution is 0.109. The Hall–Kier alpha value is -2.57. The number of fused-ring (bicyclic) bond motifs is 1. The summed E-state index contributed by atoms with van der Waals surface area (Å²) in [5.41, 5.74) is 3.00. The van der Waals surface area contributed by atoms with Gasteiger partial charge in [-0.1, -0.05) is 36.4 Å². The molecule has 2 amide bonds. The topological polar surface area (TPSA) is 73.8 Å². The van der Waals surface area contributed by atoms with Crippen LogP contribution in [0.2, 0.25) is 0 Å². The van der Waals surface area contributed by atoms with Gasteiger partial charge in [0.1, 0.15) is 11.9 Å². The molecule has 3 atom stereocenters. The van der Waals surface area contributed by atoms with Crippen molar-refractivity contribution >= 4 is 6.03 Å². The normalized spacial score (nSPS) is 19.0. The van der Waals surface area contributed by atoms with Crippen LogP contribution < -0.4 is 15.4 Å². The molecule has 4 rings (SSSR count). The van der Waals surface area contributed by atoms with E-state index in [0.29, 0.717) is 6.54 Å². The number of aliphatic hydroxyl groups is 1. The lowest BCUT2D eigenvalue weighted by Crippen LogP contribution is -2.50. The minimum Gasteiger partial charge on any atom is -0.493 e. The maximum Gasteiger partial charge on any atom is 0.315 e. The fraction of sp³-hybridized carbons (Fsp3) is 0.480. The van der Waals surface area contributed by atoms with Crippen molar-refractivity contribution in [2.45, 2.75) is 50.8 Å². The highest BCUT2D eigenvalue weighted by atomic mass is 16.5. The quantitative estimate of drug-likeness (QED) is 0.637. The summed E-state index contributed by atoms with van der Waals surface area (Å²) in [6, 6.07) is 15.0. The average Bonchev–Trinajstić information content (AvgIpc) is 3.31. The molecule has 166 valence electrons. The Labute approximate surface area is 184 Å². The Morgan fingerprint density at radius 2 is 1.84 bits per heavy atom. The number of likely N-dealkylation sites (tertiary alicyclic amines) is 1. The number of ether oxygens (including phenoxy) is 1. The highest BCUT2D eigenvalue weighted by Gasteiger charge is 2.28. The van der Waals surface area contributed by atoms with Gasteiger partial charge in [-0.25, -0.2) is 4.79 Å². The lowest BCUT2D eigenvalue weighted by Gasteiger charge is -2.30. The minimum absolute atomic E-state index is 0.119. The molecule has 2 aliphatic heterocycles. The van der Waals surface area contributed by atoms with E-state index in [-0.39, 0.29) is 12.1 Å². The molecule has 3 N–H and O–H groups in total. The van der Waals surface area contributed by atoms with Gasteiger partial charge >= 0.3 is 6.03 Å². The number of rotatable bonds is 7. The monoisotopic (exact) mass is 423 g/mol. The summed E-state index contributed by atoms with van der Waals surface area (Å²) < 4.78 is 5.71. The van der Waals surface area contributed by atoms with E-state index in [9.17, 15) is 9.90 Å². The Kier molecular flexibility index (Phi) is 7.10. The maximum absolute atomic E-state index is 12.8. The second kappa shape index (κ2) is 10.2. The third kappa shape index (κ3) is 5.57. The predicted octanol–water partition coefficient (Wildman–Crippen LogP) is 3.57. The number of carbonyl (C=O) groups excluding carboxylic acids is 1. The molecule has 0 bridgehead atoms. The van der Waals surface area contributed by atoms with E-state index < -0.39 is 12.1 Å². The van der Waals surface area contributed by atoms with Crippen molar-refractivity contribution in [2.75, 3.05) is 26.2 Å². The fourth-order valence-electron chi connectivity index (χ4n) is 4.50. The second-order valence-corrected chi connectivity index (χ2v) is 8.63. The van der Waals surface area contributed by atoms with Gasteiger partial charge in [0.05, 0.1) is 18.7 Å². The second-order valence-electron chi connectivity index (χ2n) is 8.63. The van der Waals surface area contributed by atoms with Crippen LogP contribution in [0.4, 0.5) is 4.79 Å². The fourth-order valence-corrected chi connectivity index (χ4v) is 4.50. The van der Waals surface area contributed by atoms with Crippen molar-refractivity contribution in [1.82, 2.24) is 15.5 Å². The third-order valence-corrected chi connectivity index (χ3v) is 6.27. The number of carbonyl (C=O) groups is 1. The van der Waals surface area contributed by atoms with Crippen LogP contribution in [-0.4, -0.2) is 48.3 Å². The van der Waals surface area contributed by atoms with Crippen molar-refractivity contribution in [3.05, 3.63) is 65.2 Å². The van der Waals surface area contributed by atoms with Crippen molar-refractivity contribution in [3.63, 3.8) is 0 Å². The number of hydrogen-bond donors (Lipinski definition) is 3. The summed E-state index contributed by atoms with van der Waals surface area (Å²) >= 11 is 0. The SMILES string of the molecule is C[C@@H](NC(=O)N[C@H](CN1CCCC1)[C@H](O)c1ccc2c(c1)CCCO2)c1ccccc1. The number of hydrogen-bond acceptors (Lipinski definition) is 4. The van der Waals surface area contributed by atoms with E-state index in [1.54, 1.807) is 0 Å². The molecule has 0 saturated carbocycles. The molecule has 6 nitrogen and oxygen atoms in total. The van der Waals surface area contributed by atoms with Crippen LogP contribution in [0.5, 0.6) is 5.75 Å². The molecule has 2 aliphatic rings. The molecule has 0 aliphatic carbocycles. The first-order valence-electron chi connectivity index (χ1n) is 11.4. The van der Waals surface area contributed by atoms with Crippen LogP contribution in [0.3, 0.4) is 0 Å². The van der Waals surface area contributed by atoms with Gasteiger partial charge in [0.15, 0.2) is 0 Å². The number of nitrogens with zero attached hydrogens (tertiary/aromatic N) is 1. The minimum atomic E-state index is -0.786. The van der Waals surface area contributed by atoms with E-state index in [0.717, 1.165) is 67.8 Å². The molecule has 31 heavy (non-hydrogen) atoms. The zero-order valence-electron chi connectivity index (χ0n) is 18.2. The predicted molar refractivity (Wildman–Crippen MR) is 121 cm³/mol. The van der Waals surface area contributed by atoms with Gasteiger partial charge in [-0.2, -0.15) is 0 Å². The van der Waals surface area contributed by atoms with Gasteiger partial charge in [0.25, 0.3) is 0 Å². The van der Waals surface area contributed by atoms with Gasteiger partial charge in [-0.05, 0) is 74.5 Å². The smallest absolute Gasteiger partial charge is 0.315 e. The Morgan fingerprint density at radius 1 is 1.06 bits per heavy atom. The summed E-state index contributed by atoms with van der Waals surface area (Å²) in [4.78, 5) is 15.1. The summed E-state index contributed by atoms with van der Waals surface area (Å²) in [7, 11) is 0. The van der Waals surface area contributed by atoms with Crippen molar-refractivity contribution in [3.8, 4) is 5.75 Å². The largest absolute Gasteiger partial charge is 0.493 e. The van der Waals surface area contributed by atoms with Crippen molar-refractivity contribution in [1.29, 1.82) is 0 Å². The molecular formula is C25H33N3O3. The first kappa shape index (κ1) is 21.7. The van der Waals surface area contributed by atoms with Gasteiger partial charge in [0, 0.05) is 6.54 Å². The molecule has 0 aromatic heterocycles. The lowest BCUT2D eigenvalue weighted by atomic mass is 9.96. The Balaban J connectivity index is 1.46. The highest BCUT2D eigenvalue weighted by molar-refractivity contribution is 5.75. The van der Waals surface area contributed by atoms with Crippen LogP contribution in [-0.2, 0) is 6.42 Å². The van der Waals surface area contributed by atoms with Crippen LogP contribution in [0.25, 0.3) is 0 Å². The summed E-state index contributed by atoms with van der Waals surface area (Å²) in [6.45, 7) is 5.34. The zero-order chi connectivity index (χ0) is 21.6. The average molecular weight is 424 g/mol. The molecular weight excluding hydrogens is 390 g/mol. The number of aryl methyl sites for hydroxylation is 1. The van der Waals surface area contributed by atoms with E-state index in [1.807, 2.05) is 55.5 Å². The summed E-state index contributed by atoms with van der Waals surface area (Å²) in [5, 5.41) is 17.3. The first-order valence-corrected chi connectivity index (χ1v) is 11.4. The van der Waals surface area contributed by atoms with Crippen LogP contribution >= 0.6 is 0 Å². The molecule has 2 aromatic carbocycles. The van der Waals surface area contributed by atoms with Gasteiger partial charge in [0.2, 0.25) is 0 Å². The van der Waals surface area contributed by atoms with Gasteiger partial charge in [-0.15, -0.1) is 0 Å². The number of benzene rings is 2. The van der Waals surface area contributed by atoms with Crippen molar-refractivity contribution in [2.24, 2.45) is 0 Å². The number of aliphatic hydroxyl groups excluding tert-OH is 1. The van der Waals surface area contributed by atoms with E-state index in [2.05, 4.69) is 15.5 Å². The molecule has 0 unspecified atom stereocenters. The number of amides is 2. The molecule has 0 spiro atoms. The number of urea groups is 1. The maximum atomic E-state index is 12.8. The molecule has 2 aromatic rings. The highest BCUT2D eigenvalue weighted by Crippen LogP contribution is 2.29. The molecule has 1 fully saturated rings. The summed E-state index contributed by atoms with van der Waals surface area (Å²) in [6.07, 6.45) is 3.48. The zero-order valence-corrected chi connectivity index (χ0v) is 18.2. The van der Waals surface area contributed by atoms with Crippen LogP contribution in [0.1, 0.15) is 55.0 Å². The molecule has 0 radical (unpaired) electrons. The molecule has 2 heterocycles. The van der Waals surface area contributed by atoms with Crippen molar-refractivity contribution < 1.29 is 14.6 Å². The van der Waals surface area contributed by atoms with Gasteiger partial charge < -0.3 is 25.4 Å². The van der Waals surface area contributed by atoms with E-state index in [1.165, 1.54) is 0 Å². The molecule has 1 saturated heterocycles. The Morgan fingerprint density at radius 3 is 2.61 bits per heavy atom. The first-order chi connectivity index (χ1) is 15.1. The van der Waals surface area contributed by atoms with Gasteiger partial charge in [-0.3, -0.25) is 0 Å². The number of nitrogens with one attached hydrogen (secondary N) is 2. The van der Waals surface area contributed by atoms with Crippen LogP contribution in [0.15, 0.2) is 48.5 Å². The van der Waals surface area contributed by atoms with E-state index in [4.69, 9.17) is 4.74 Å². The standard InChI is InChI=1S/C25H33N3O3/c1-18(19-8-3-2-4-9-19)26-25(30)27-22(17-28-13-5-6-14-28)24(29)21-11-12-23-20(16-21)10-7-15-31-23/h2-4,8-9,11-12,16,18,22,24,29H,5-7,10,13-15,17H2,1H3,(H2,26,27,30)/t18-,22-,24-/m1/s1. The van der Waals surface area contributed by atoms with E-state index >= 15 is 0 Å². The Bertz CT molecular complexity index is 868. The summed E-state index contributed by atoms with van der Waals surface area (Å²) in [5.74, 6) is 0.903.